The van der Waals surface area contributed by atoms with Gasteiger partial charge in [0.05, 0.1) is 19.9 Å². The van der Waals surface area contributed by atoms with Crippen molar-refractivity contribution in [3.63, 3.8) is 0 Å². The predicted octanol–water partition coefficient (Wildman–Crippen LogP) is 3.64. The van der Waals surface area contributed by atoms with Gasteiger partial charge in [0.25, 0.3) is 0 Å². The summed E-state index contributed by atoms with van der Waals surface area (Å²) in [4.78, 5) is 4.76. The highest BCUT2D eigenvalue weighted by atomic mass is 16.5. The van der Waals surface area contributed by atoms with Crippen molar-refractivity contribution in [1.82, 2.24) is 15.2 Å². The largest absolute Gasteiger partial charge is 0.496 e. The van der Waals surface area contributed by atoms with E-state index in [0.29, 0.717) is 0 Å². The van der Waals surface area contributed by atoms with Gasteiger partial charge in [-0.2, -0.15) is 5.10 Å². The maximum atomic E-state index is 5.48. The summed E-state index contributed by atoms with van der Waals surface area (Å²) < 4.78 is 11.0. The van der Waals surface area contributed by atoms with E-state index in [9.17, 15) is 0 Å². The lowest BCUT2D eigenvalue weighted by Gasteiger charge is -2.17. The molecule has 2 aromatic heterocycles. The zero-order valence-corrected chi connectivity index (χ0v) is 15.3. The minimum atomic E-state index is 0.198. The number of nitrogens with one attached hydrogen (secondary N) is 2. The van der Waals surface area contributed by atoms with Crippen molar-refractivity contribution in [3.8, 4) is 11.5 Å². The van der Waals surface area contributed by atoms with Crippen LogP contribution >= 0.6 is 0 Å². The van der Waals surface area contributed by atoms with Crippen LogP contribution in [0.1, 0.15) is 23.9 Å². The normalized spacial score (nSPS) is 12.2. The van der Waals surface area contributed by atoms with Crippen LogP contribution in [0.5, 0.6) is 11.5 Å². The maximum Gasteiger partial charge on any atom is 0.145 e. The molecule has 1 aromatic carbocycles. The van der Waals surface area contributed by atoms with Gasteiger partial charge in [0, 0.05) is 23.5 Å². The minimum Gasteiger partial charge on any atom is -0.496 e. The molecule has 0 saturated carbocycles. The first-order chi connectivity index (χ1) is 12.0. The quantitative estimate of drug-likeness (QED) is 0.717. The number of hydrogen-bond donors (Lipinski definition) is 2. The van der Waals surface area contributed by atoms with Gasteiger partial charge in [-0.1, -0.05) is 0 Å². The van der Waals surface area contributed by atoms with Gasteiger partial charge in [-0.3, -0.25) is 5.10 Å². The lowest BCUT2D eigenvalue weighted by atomic mass is 10.1. The number of H-pyrrole nitrogens is 1. The number of aromatic nitrogens is 3. The summed E-state index contributed by atoms with van der Waals surface area (Å²) >= 11 is 0. The van der Waals surface area contributed by atoms with Crippen LogP contribution in [0.25, 0.3) is 10.9 Å². The van der Waals surface area contributed by atoms with Gasteiger partial charge in [-0.15, -0.1) is 0 Å². The Kier molecular flexibility index (Phi) is 4.79. The van der Waals surface area contributed by atoms with E-state index in [1.165, 1.54) is 0 Å². The van der Waals surface area contributed by atoms with Gasteiger partial charge in [0.15, 0.2) is 0 Å². The molecule has 6 nitrogen and oxygen atoms in total. The van der Waals surface area contributed by atoms with E-state index in [0.717, 1.165) is 51.6 Å². The fraction of sp³-hybridized carbons (Fsp3) is 0.368. The first-order valence-corrected chi connectivity index (χ1v) is 8.31. The monoisotopic (exact) mass is 340 g/mol. The number of pyridine rings is 1. The highest BCUT2D eigenvalue weighted by Gasteiger charge is 2.14. The Morgan fingerprint density at radius 3 is 2.48 bits per heavy atom. The molecular formula is C19H24N4O2. The molecule has 0 bridgehead atoms. The summed E-state index contributed by atoms with van der Waals surface area (Å²) in [6, 6.07) is 8.09. The molecule has 132 valence electrons. The highest BCUT2D eigenvalue weighted by Crippen LogP contribution is 2.35. The summed E-state index contributed by atoms with van der Waals surface area (Å²) in [5, 5.41) is 11.7. The van der Waals surface area contributed by atoms with Crippen LogP contribution < -0.4 is 14.8 Å². The van der Waals surface area contributed by atoms with Crippen molar-refractivity contribution >= 4 is 16.7 Å². The van der Waals surface area contributed by atoms with E-state index in [-0.39, 0.29) is 6.04 Å². The van der Waals surface area contributed by atoms with Gasteiger partial charge >= 0.3 is 0 Å². The smallest absolute Gasteiger partial charge is 0.145 e. The van der Waals surface area contributed by atoms with Crippen LogP contribution in [0.2, 0.25) is 0 Å². The molecule has 0 spiro atoms. The third kappa shape index (κ3) is 3.52. The Morgan fingerprint density at radius 2 is 1.84 bits per heavy atom. The maximum absolute atomic E-state index is 5.48. The van der Waals surface area contributed by atoms with E-state index >= 15 is 0 Å². The summed E-state index contributed by atoms with van der Waals surface area (Å²) in [6.45, 7) is 6.18. The third-order valence-corrected chi connectivity index (χ3v) is 4.19. The molecule has 2 N–H and O–H groups in total. The third-order valence-electron chi connectivity index (χ3n) is 4.19. The van der Waals surface area contributed by atoms with Crippen LogP contribution in [0, 0.1) is 13.8 Å². The summed E-state index contributed by atoms with van der Waals surface area (Å²) in [6.07, 6.45) is 0.818. The van der Waals surface area contributed by atoms with Crippen molar-refractivity contribution < 1.29 is 9.47 Å². The second-order valence-electron chi connectivity index (χ2n) is 6.31. The topological polar surface area (TPSA) is 72.1 Å². The number of nitrogens with zero attached hydrogens (tertiary/aromatic N) is 2. The zero-order valence-electron chi connectivity index (χ0n) is 15.3. The molecule has 6 heteroatoms. The first kappa shape index (κ1) is 17.1. The molecule has 3 rings (SSSR count). The number of aromatic amines is 1. The van der Waals surface area contributed by atoms with E-state index in [4.69, 9.17) is 14.5 Å². The highest BCUT2D eigenvalue weighted by molar-refractivity contribution is 5.94. The van der Waals surface area contributed by atoms with Gasteiger partial charge < -0.3 is 14.8 Å². The van der Waals surface area contributed by atoms with E-state index in [1.54, 1.807) is 14.2 Å². The Labute approximate surface area is 147 Å². The summed E-state index contributed by atoms with van der Waals surface area (Å²) in [7, 11) is 3.32. The zero-order chi connectivity index (χ0) is 18.0. The number of hydrogen-bond acceptors (Lipinski definition) is 5. The SMILES string of the molecule is COc1ccc(OC)c2c(C)cc(NC(C)Cc3cc(C)[nH]n3)nc12. The average molecular weight is 340 g/mol. The van der Waals surface area contributed by atoms with Crippen LogP contribution in [0.4, 0.5) is 5.82 Å². The van der Waals surface area contributed by atoms with E-state index in [2.05, 4.69) is 35.4 Å². The first-order valence-electron chi connectivity index (χ1n) is 8.31. The van der Waals surface area contributed by atoms with Gasteiger partial charge in [0.1, 0.15) is 22.8 Å². The lowest BCUT2D eigenvalue weighted by Crippen LogP contribution is -2.19. The number of fused-ring (bicyclic) bond motifs is 1. The lowest BCUT2D eigenvalue weighted by molar-refractivity contribution is 0.409. The number of ether oxygens (including phenoxy) is 2. The number of benzene rings is 1. The molecule has 0 aliphatic rings. The summed E-state index contributed by atoms with van der Waals surface area (Å²) in [5.74, 6) is 2.35. The van der Waals surface area contributed by atoms with Crippen molar-refractivity contribution in [2.45, 2.75) is 33.2 Å². The second kappa shape index (κ2) is 7.01. The molecule has 0 amide bonds. The molecule has 2 heterocycles. The molecule has 1 atom stereocenters. The Hall–Kier alpha value is -2.76. The molecule has 0 radical (unpaired) electrons. The number of aryl methyl sites for hydroxylation is 2. The average Bonchev–Trinajstić information content (AvgIpc) is 2.98. The molecule has 25 heavy (non-hydrogen) atoms. The van der Waals surface area contributed by atoms with Crippen LogP contribution in [0.3, 0.4) is 0 Å². The van der Waals surface area contributed by atoms with Crippen LogP contribution in [-0.2, 0) is 6.42 Å². The Morgan fingerprint density at radius 1 is 1.12 bits per heavy atom. The van der Waals surface area contributed by atoms with E-state index < -0.39 is 0 Å². The minimum absolute atomic E-state index is 0.198. The Balaban J connectivity index is 1.91. The van der Waals surface area contributed by atoms with Crippen LogP contribution in [-0.4, -0.2) is 35.4 Å². The van der Waals surface area contributed by atoms with Crippen molar-refractivity contribution in [2.75, 3.05) is 19.5 Å². The van der Waals surface area contributed by atoms with Crippen molar-refractivity contribution in [1.29, 1.82) is 0 Å². The summed E-state index contributed by atoms with van der Waals surface area (Å²) in [5.41, 5.74) is 3.99. The van der Waals surface area contributed by atoms with Gasteiger partial charge in [-0.25, -0.2) is 4.98 Å². The number of methoxy groups -OCH3 is 2. The second-order valence-corrected chi connectivity index (χ2v) is 6.31. The van der Waals surface area contributed by atoms with Crippen molar-refractivity contribution in [3.05, 3.63) is 41.2 Å². The molecule has 0 saturated heterocycles. The standard InChI is InChI=1S/C19H24N4O2/c1-11-8-17(20-12(2)9-14-10-13(3)22-23-14)21-19-16(25-5)7-6-15(24-4)18(11)19/h6-8,10,12H,9H2,1-5H3,(H,20,21)(H,22,23). The van der Waals surface area contributed by atoms with Gasteiger partial charge in [0.2, 0.25) is 0 Å². The molecule has 0 fully saturated rings. The molecular weight excluding hydrogens is 316 g/mol. The van der Waals surface area contributed by atoms with Gasteiger partial charge in [-0.05, 0) is 50.6 Å². The number of rotatable bonds is 6. The fourth-order valence-electron chi connectivity index (χ4n) is 3.08. The molecule has 0 aliphatic heterocycles. The predicted molar refractivity (Wildman–Crippen MR) is 99.7 cm³/mol. The Bertz CT molecular complexity index is 889. The molecule has 3 aromatic rings. The van der Waals surface area contributed by atoms with Crippen LogP contribution in [0.15, 0.2) is 24.3 Å². The molecule has 0 aliphatic carbocycles. The fourth-order valence-corrected chi connectivity index (χ4v) is 3.08. The molecule has 1 unspecified atom stereocenters. The van der Waals surface area contributed by atoms with Crippen molar-refractivity contribution in [2.24, 2.45) is 0 Å². The number of anilines is 1. The van der Waals surface area contributed by atoms with E-state index in [1.807, 2.05) is 25.1 Å².